The van der Waals surface area contributed by atoms with Crippen LogP contribution in [0.5, 0.6) is 0 Å². The Morgan fingerprint density at radius 3 is 2.53 bits per heavy atom. The van der Waals surface area contributed by atoms with E-state index in [1.54, 1.807) is 18.3 Å². The van der Waals surface area contributed by atoms with Crippen molar-refractivity contribution >= 4 is 27.0 Å². The van der Waals surface area contributed by atoms with E-state index >= 15 is 0 Å². The van der Waals surface area contributed by atoms with Crippen LogP contribution in [-0.2, 0) is 10.0 Å². The van der Waals surface area contributed by atoms with Crippen LogP contribution in [0.25, 0.3) is 22.3 Å². The second kappa shape index (κ2) is 12.1. The molecule has 0 atom stereocenters. The summed E-state index contributed by atoms with van der Waals surface area (Å²) < 4.78 is 30.6. The minimum atomic E-state index is -3.59. The Morgan fingerprint density at radius 2 is 1.82 bits per heavy atom. The topological polar surface area (TPSA) is 134 Å². The van der Waals surface area contributed by atoms with Gasteiger partial charge in [-0.1, -0.05) is 25.5 Å². The van der Waals surface area contributed by atoms with Gasteiger partial charge in [0.15, 0.2) is 5.65 Å². The number of hydrogen-bond donors (Lipinski definition) is 4. The molecule has 3 heterocycles. The van der Waals surface area contributed by atoms with Crippen molar-refractivity contribution in [3.8, 4) is 11.3 Å². The fourth-order valence-electron chi connectivity index (χ4n) is 5.34. The maximum atomic E-state index is 12.9. The van der Waals surface area contributed by atoms with Crippen LogP contribution in [0.3, 0.4) is 0 Å². The number of fused-ring (bicyclic) bond motifs is 1. The summed E-state index contributed by atoms with van der Waals surface area (Å²) >= 11 is 0. The van der Waals surface area contributed by atoms with Gasteiger partial charge in [0.25, 0.3) is 0 Å². The van der Waals surface area contributed by atoms with Crippen molar-refractivity contribution in [2.75, 3.05) is 31.5 Å². The van der Waals surface area contributed by atoms with Crippen molar-refractivity contribution in [2.45, 2.75) is 75.3 Å². The van der Waals surface area contributed by atoms with Crippen LogP contribution >= 0.6 is 0 Å². The molecule has 1 aromatic carbocycles. The Hall–Kier alpha value is -2.60. The molecule has 2 aliphatic rings. The number of aliphatic hydroxyl groups is 1. The molecule has 1 aliphatic heterocycles. The van der Waals surface area contributed by atoms with Crippen molar-refractivity contribution in [3.05, 3.63) is 30.5 Å². The average molecular weight is 542 g/mol. The maximum Gasteiger partial charge on any atom is 0.240 e. The summed E-state index contributed by atoms with van der Waals surface area (Å²) in [7, 11) is -3.59. The van der Waals surface area contributed by atoms with E-state index in [-0.39, 0.29) is 17.0 Å². The lowest BCUT2D eigenvalue weighted by Gasteiger charge is -2.25. The maximum absolute atomic E-state index is 12.9. The third-order valence-corrected chi connectivity index (χ3v) is 9.17. The predicted molar refractivity (Wildman–Crippen MR) is 148 cm³/mol. The van der Waals surface area contributed by atoms with Crippen molar-refractivity contribution in [3.63, 3.8) is 0 Å². The van der Waals surface area contributed by atoms with Gasteiger partial charge in [-0.25, -0.2) is 22.8 Å². The molecule has 1 aliphatic carbocycles. The molecule has 0 amide bonds. The number of sulfonamides is 1. The Morgan fingerprint density at radius 1 is 1.08 bits per heavy atom. The number of aromatic nitrogens is 4. The summed E-state index contributed by atoms with van der Waals surface area (Å²) in [6.07, 6.45) is 8.78. The molecule has 0 spiro atoms. The average Bonchev–Trinajstić information content (AvgIpc) is 3.32. The fourth-order valence-corrected chi connectivity index (χ4v) is 6.46. The van der Waals surface area contributed by atoms with Crippen LogP contribution in [0, 0.1) is 5.92 Å². The number of hydrogen-bond acceptors (Lipinski definition) is 8. The third-order valence-electron chi connectivity index (χ3n) is 7.73. The molecule has 11 heteroatoms. The number of benzene rings is 1. The summed E-state index contributed by atoms with van der Waals surface area (Å²) in [6.45, 7) is 5.28. The molecule has 38 heavy (non-hydrogen) atoms. The van der Waals surface area contributed by atoms with Crippen molar-refractivity contribution in [1.82, 2.24) is 29.8 Å². The number of nitrogens with zero attached hydrogens (tertiary/aromatic N) is 4. The quantitative estimate of drug-likeness (QED) is 0.287. The second-order valence-electron chi connectivity index (χ2n) is 10.5. The smallest absolute Gasteiger partial charge is 0.240 e. The van der Waals surface area contributed by atoms with E-state index in [1.807, 2.05) is 16.8 Å². The Kier molecular flexibility index (Phi) is 8.57. The molecule has 5 rings (SSSR count). The van der Waals surface area contributed by atoms with Crippen LogP contribution in [0.2, 0.25) is 0 Å². The number of nitrogens with one attached hydrogen (secondary N) is 3. The van der Waals surface area contributed by atoms with Crippen molar-refractivity contribution in [1.29, 1.82) is 0 Å². The molecule has 10 nitrogen and oxygen atoms in total. The van der Waals surface area contributed by atoms with E-state index in [4.69, 9.17) is 10.1 Å². The van der Waals surface area contributed by atoms with E-state index in [0.717, 1.165) is 93.3 Å². The number of rotatable bonds is 10. The van der Waals surface area contributed by atoms with Gasteiger partial charge in [-0.2, -0.15) is 10.1 Å². The highest BCUT2D eigenvalue weighted by atomic mass is 32.2. The molecular formula is C27H39N7O3S. The molecular weight excluding hydrogens is 502 g/mol. The van der Waals surface area contributed by atoms with Gasteiger partial charge >= 0.3 is 0 Å². The summed E-state index contributed by atoms with van der Waals surface area (Å²) in [5, 5.41) is 22.4. The van der Waals surface area contributed by atoms with E-state index < -0.39 is 10.0 Å². The van der Waals surface area contributed by atoms with Crippen LogP contribution < -0.4 is 15.4 Å². The lowest BCUT2D eigenvalue weighted by Crippen LogP contribution is -2.35. The zero-order chi connectivity index (χ0) is 26.5. The molecule has 206 valence electrons. The molecule has 2 aromatic heterocycles. The Bertz CT molecular complexity index is 1310. The minimum absolute atomic E-state index is 0.145. The van der Waals surface area contributed by atoms with Crippen LogP contribution in [0.1, 0.15) is 64.3 Å². The van der Waals surface area contributed by atoms with Gasteiger partial charge in [-0.3, -0.25) is 0 Å². The highest BCUT2D eigenvalue weighted by molar-refractivity contribution is 7.89. The highest BCUT2D eigenvalue weighted by Crippen LogP contribution is 2.34. The molecule has 3 aromatic rings. The summed E-state index contributed by atoms with van der Waals surface area (Å²) in [6, 6.07) is 7.05. The Labute approximate surface area is 224 Å². The number of piperidine rings is 1. The van der Waals surface area contributed by atoms with E-state index in [2.05, 4.69) is 27.3 Å². The van der Waals surface area contributed by atoms with Crippen LogP contribution in [-0.4, -0.2) is 65.6 Å². The third kappa shape index (κ3) is 6.17. The molecule has 2 fully saturated rings. The molecule has 0 unspecified atom stereocenters. The summed E-state index contributed by atoms with van der Waals surface area (Å²) in [5.41, 5.74) is 2.31. The first kappa shape index (κ1) is 27.0. The van der Waals surface area contributed by atoms with Crippen LogP contribution in [0.15, 0.2) is 35.4 Å². The number of unbranched alkanes of at least 4 members (excludes halogenated alkanes) is 1. The summed E-state index contributed by atoms with van der Waals surface area (Å²) in [5.74, 6) is 0.943. The zero-order valence-corrected chi connectivity index (χ0v) is 22.9. The van der Waals surface area contributed by atoms with Gasteiger partial charge in [0.2, 0.25) is 16.0 Å². The van der Waals surface area contributed by atoms with Gasteiger partial charge in [-0.05, 0) is 76.1 Å². The standard InChI is InChI=1S/C27H39N7O3S/c1-2-3-14-29-27-30-18-24-25(33-34(26(24)32-27)21-6-8-22(35)9-7-21)20-4-10-23(11-5-20)38(36,37)31-17-19-12-15-28-16-13-19/h4-5,10-11,18-19,21-22,28,31,35H,2-3,6-9,12-17H2,1H3,(H,29,30,32). The molecule has 0 radical (unpaired) electrons. The van der Waals surface area contributed by atoms with Crippen LogP contribution in [0.4, 0.5) is 5.95 Å². The molecule has 4 N–H and O–H groups in total. The highest BCUT2D eigenvalue weighted by Gasteiger charge is 2.26. The molecule has 1 saturated heterocycles. The predicted octanol–water partition coefficient (Wildman–Crippen LogP) is 3.46. The van der Waals surface area contributed by atoms with Gasteiger partial charge < -0.3 is 15.7 Å². The first-order chi connectivity index (χ1) is 18.4. The number of anilines is 1. The van der Waals surface area contributed by atoms with E-state index in [1.165, 1.54) is 0 Å². The second-order valence-corrected chi connectivity index (χ2v) is 12.3. The minimum Gasteiger partial charge on any atom is -0.393 e. The van der Waals surface area contributed by atoms with Gasteiger partial charge in [0, 0.05) is 24.8 Å². The molecule has 1 saturated carbocycles. The molecule has 0 bridgehead atoms. The summed E-state index contributed by atoms with van der Waals surface area (Å²) in [4.78, 5) is 9.60. The first-order valence-corrected chi connectivity index (χ1v) is 15.4. The Balaban J connectivity index is 1.41. The fraction of sp³-hybridized carbons (Fsp3) is 0.593. The normalized spacial score (nSPS) is 21.1. The van der Waals surface area contributed by atoms with E-state index in [0.29, 0.717) is 18.4 Å². The van der Waals surface area contributed by atoms with E-state index in [9.17, 15) is 13.5 Å². The SMILES string of the molecule is CCCCNc1ncc2c(-c3ccc(S(=O)(=O)NCC4CCNCC4)cc3)nn(C3CCC(O)CC3)c2n1. The van der Waals surface area contributed by atoms with Gasteiger partial charge in [0.1, 0.15) is 5.69 Å². The number of aliphatic hydroxyl groups excluding tert-OH is 1. The largest absolute Gasteiger partial charge is 0.393 e. The van der Waals surface area contributed by atoms with Gasteiger partial charge in [0.05, 0.1) is 22.4 Å². The zero-order valence-electron chi connectivity index (χ0n) is 22.1. The lowest BCUT2D eigenvalue weighted by atomic mass is 9.93. The lowest BCUT2D eigenvalue weighted by molar-refractivity contribution is 0.109. The first-order valence-electron chi connectivity index (χ1n) is 13.9. The van der Waals surface area contributed by atoms with Gasteiger partial charge in [-0.15, -0.1) is 0 Å². The van der Waals surface area contributed by atoms with Crippen molar-refractivity contribution < 1.29 is 13.5 Å². The monoisotopic (exact) mass is 541 g/mol. The van der Waals surface area contributed by atoms with Crippen molar-refractivity contribution in [2.24, 2.45) is 5.92 Å².